The molecule has 1 aliphatic rings. The Morgan fingerprint density at radius 3 is 2.80 bits per heavy atom. The molecule has 2 rings (SSSR count). The number of fused-ring (bicyclic) bond motifs is 1. The number of imidazole rings is 1. The molecule has 0 amide bonds. The van der Waals surface area contributed by atoms with Crippen LogP contribution in [-0.2, 0) is 19.5 Å². The van der Waals surface area contributed by atoms with E-state index in [0.29, 0.717) is 5.92 Å². The van der Waals surface area contributed by atoms with Gasteiger partial charge in [-0.15, -0.1) is 0 Å². The summed E-state index contributed by atoms with van der Waals surface area (Å²) in [7, 11) is 2.16. The van der Waals surface area contributed by atoms with Crippen LogP contribution >= 0.6 is 15.9 Å². The standard InChI is InChI=1S/C11H18BrN3/c1-8(2)6-10-13-11(12)9-7-14(3)4-5-15(9)10/h8H,4-7H2,1-3H3. The third-order valence-electron chi connectivity index (χ3n) is 2.82. The molecule has 0 aromatic carbocycles. The van der Waals surface area contributed by atoms with E-state index in [0.717, 1.165) is 30.7 Å². The minimum Gasteiger partial charge on any atom is -0.329 e. The molecule has 15 heavy (non-hydrogen) atoms. The van der Waals surface area contributed by atoms with Crippen LogP contribution in [0.3, 0.4) is 0 Å². The van der Waals surface area contributed by atoms with E-state index in [-0.39, 0.29) is 0 Å². The Bertz CT molecular complexity index is 357. The Hall–Kier alpha value is -0.350. The van der Waals surface area contributed by atoms with E-state index in [1.54, 1.807) is 0 Å². The molecule has 0 unspecified atom stereocenters. The lowest BCUT2D eigenvalue weighted by atomic mass is 10.1. The van der Waals surface area contributed by atoms with Crippen LogP contribution in [0.1, 0.15) is 25.4 Å². The molecule has 1 aliphatic heterocycles. The van der Waals surface area contributed by atoms with Gasteiger partial charge in [-0.1, -0.05) is 13.8 Å². The van der Waals surface area contributed by atoms with E-state index in [9.17, 15) is 0 Å². The number of aromatic nitrogens is 2. The largest absolute Gasteiger partial charge is 0.329 e. The zero-order valence-electron chi connectivity index (χ0n) is 9.63. The first kappa shape index (κ1) is 11.1. The monoisotopic (exact) mass is 271 g/mol. The maximum absolute atomic E-state index is 4.62. The summed E-state index contributed by atoms with van der Waals surface area (Å²) in [6.45, 7) is 7.69. The van der Waals surface area contributed by atoms with Gasteiger partial charge in [0.1, 0.15) is 10.4 Å². The number of rotatable bonds is 2. The normalized spacial score (nSPS) is 17.1. The van der Waals surface area contributed by atoms with Crippen LogP contribution in [0.5, 0.6) is 0 Å². The number of nitrogens with zero attached hydrogens (tertiary/aromatic N) is 3. The average molecular weight is 272 g/mol. The predicted molar refractivity (Wildman–Crippen MR) is 64.8 cm³/mol. The number of halogens is 1. The quantitative estimate of drug-likeness (QED) is 0.823. The molecule has 84 valence electrons. The molecule has 0 atom stereocenters. The van der Waals surface area contributed by atoms with Gasteiger partial charge >= 0.3 is 0 Å². The Labute approximate surface area is 99.6 Å². The Balaban J connectivity index is 2.31. The maximum Gasteiger partial charge on any atom is 0.128 e. The fourth-order valence-corrected chi connectivity index (χ4v) is 2.59. The molecule has 4 heteroatoms. The topological polar surface area (TPSA) is 21.1 Å². The number of hydrogen-bond donors (Lipinski definition) is 0. The van der Waals surface area contributed by atoms with Crippen molar-refractivity contribution in [3.05, 3.63) is 16.1 Å². The van der Waals surface area contributed by atoms with Crippen LogP contribution in [0.15, 0.2) is 4.60 Å². The average Bonchev–Trinajstić information content (AvgIpc) is 2.42. The summed E-state index contributed by atoms with van der Waals surface area (Å²) < 4.78 is 3.41. The highest BCUT2D eigenvalue weighted by Gasteiger charge is 2.21. The van der Waals surface area contributed by atoms with Crippen molar-refractivity contribution >= 4 is 15.9 Å². The second kappa shape index (κ2) is 4.26. The zero-order valence-corrected chi connectivity index (χ0v) is 11.2. The Morgan fingerprint density at radius 2 is 2.13 bits per heavy atom. The van der Waals surface area contributed by atoms with Crippen LogP contribution in [0.2, 0.25) is 0 Å². The molecule has 2 heterocycles. The van der Waals surface area contributed by atoms with Crippen LogP contribution in [-0.4, -0.2) is 28.0 Å². The van der Waals surface area contributed by atoms with Gasteiger partial charge in [0.25, 0.3) is 0 Å². The molecule has 3 nitrogen and oxygen atoms in total. The molecule has 0 bridgehead atoms. The number of likely N-dealkylation sites (N-methyl/N-ethyl adjacent to an activating group) is 1. The summed E-state index contributed by atoms with van der Waals surface area (Å²) in [4.78, 5) is 6.95. The van der Waals surface area contributed by atoms with E-state index < -0.39 is 0 Å². The smallest absolute Gasteiger partial charge is 0.128 e. The lowest BCUT2D eigenvalue weighted by Crippen LogP contribution is -2.31. The third kappa shape index (κ3) is 2.26. The van der Waals surface area contributed by atoms with E-state index in [1.165, 1.54) is 11.5 Å². The van der Waals surface area contributed by atoms with E-state index in [4.69, 9.17) is 0 Å². The summed E-state index contributed by atoms with van der Waals surface area (Å²) in [5, 5.41) is 0. The van der Waals surface area contributed by atoms with Crippen LogP contribution < -0.4 is 0 Å². The second-order valence-corrected chi connectivity index (χ2v) is 5.50. The van der Waals surface area contributed by atoms with Crippen molar-refractivity contribution in [2.45, 2.75) is 33.4 Å². The van der Waals surface area contributed by atoms with Crippen molar-refractivity contribution in [3.8, 4) is 0 Å². The van der Waals surface area contributed by atoms with Crippen LogP contribution in [0, 0.1) is 5.92 Å². The van der Waals surface area contributed by atoms with Crippen LogP contribution in [0.4, 0.5) is 0 Å². The first-order chi connectivity index (χ1) is 7.08. The molecule has 0 aliphatic carbocycles. The highest BCUT2D eigenvalue weighted by molar-refractivity contribution is 9.10. The maximum atomic E-state index is 4.62. The van der Waals surface area contributed by atoms with Crippen LogP contribution in [0.25, 0.3) is 0 Å². The SMILES string of the molecule is CC(C)Cc1nc(Br)c2n1CCN(C)C2. The second-order valence-electron chi connectivity index (χ2n) is 4.75. The minimum absolute atomic E-state index is 0.669. The number of hydrogen-bond acceptors (Lipinski definition) is 2. The summed E-state index contributed by atoms with van der Waals surface area (Å²) >= 11 is 3.56. The molecule has 1 aromatic rings. The molecule has 0 spiro atoms. The van der Waals surface area contributed by atoms with Gasteiger partial charge in [0.05, 0.1) is 5.69 Å². The van der Waals surface area contributed by atoms with Gasteiger partial charge in [-0.2, -0.15) is 0 Å². The first-order valence-electron chi connectivity index (χ1n) is 5.50. The van der Waals surface area contributed by atoms with Gasteiger partial charge in [-0.25, -0.2) is 4.98 Å². The molecule has 1 aromatic heterocycles. The lowest BCUT2D eigenvalue weighted by Gasteiger charge is -2.25. The molecule has 0 fully saturated rings. The highest BCUT2D eigenvalue weighted by Crippen LogP contribution is 2.24. The third-order valence-corrected chi connectivity index (χ3v) is 3.45. The molecule has 0 saturated heterocycles. The predicted octanol–water partition coefficient (Wildman–Crippen LogP) is 2.29. The molecule has 0 N–H and O–H groups in total. The van der Waals surface area contributed by atoms with Gasteiger partial charge in [0.2, 0.25) is 0 Å². The summed E-state index contributed by atoms with van der Waals surface area (Å²) in [6, 6.07) is 0. The van der Waals surface area contributed by atoms with E-state index in [1.807, 2.05) is 0 Å². The van der Waals surface area contributed by atoms with Gasteiger partial charge in [-0.05, 0) is 28.9 Å². The van der Waals surface area contributed by atoms with Gasteiger partial charge in [0, 0.05) is 26.1 Å². The Morgan fingerprint density at radius 1 is 1.40 bits per heavy atom. The van der Waals surface area contributed by atoms with Crippen molar-refractivity contribution in [1.82, 2.24) is 14.5 Å². The van der Waals surface area contributed by atoms with Crippen molar-refractivity contribution < 1.29 is 0 Å². The summed E-state index contributed by atoms with van der Waals surface area (Å²) in [6.07, 6.45) is 1.07. The van der Waals surface area contributed by atoms with Crippen molar-refractivity contribution in [2.24, 2.45) is 5.92 Å². The van der Waals surface area contributed by atoms with Gasteiger partial charge < -0.3 is 4.57 Å². The summed E-state index contributed by atoms with van der Waals surface area (Å²) in [5.41, 5.74) is 1.33. The molecular formula is C11H18BrN3. The zero-order chi connectivity index (χ0) is 11.0. The molecular weight excluding hydrogens is 254 g/mol. The minimum atomic E-state index is 0.669. The first-order valence-corrected chi connectivity index (χ1v) is 6.29. The van der Waals surface area contributed by atoms with E-state index >= 15 is 0 Å². The van der Waals surface area contributed by atoms with Crippen molar-refractivity contribution in [1.29, 1.82) is 0 Å². The highest BCUT2D eigenvalue weighted by atomic mass is 79.9. The fourth-order valence-electron chi connectivity index (χ4n) is 2.05. The van der Waals surface area contributed by atoms with Crippen molar-refractivity contribution in [3.63, 3.8) is 0 Å². The van der Waals surface area contributed by atoms with Crippen molar-refractivity contribution in [2.75, 3.05) is 13.6 Å². The molecule has 0 radical (unpaired) electrons. The fraction of sp³-hybridized carbons (Fsp3) is 0.727. The van der Waals surface area contributed by atoms with E-state index in [2.05, 4.69) is 51.3 Å². The molecule has 0 saturated carbocycles. The Kier molecular flexibility index (Phi) is 3.16. The lowest BCUT2D eigenvalue weighted by molar-refractivity contribution is 0.265. The van der Waals surface area contributed by atoms with Gasteiger partial charge in [-0.3, -0.25) is 4.90 Å². The summed E-state index contributed by atoms with van der Waals surface area (Å²) in [5.74, 6) is 1.91. The van der Waals surface area contributed by atoms with Gasteiger partial charge in [0.15, 0.2) is 0 Å².